The Bertz CT molecular complexity index is 336. The number of rotatable bonds is 5. The van der Waals surface area contributed by atoms with Gasteiger partial charge in [0.05, 0.1) is 12.1 Å². The molecule has 0 amide bonds. The van der Waals surface area contributed by atoms with Gasteiger partial charge in [-0.3, -0.25) is 9.48 Å². The molecule has 84 valence electrons. The van der Waals surface area contributed by atoms with Gasteiger partial charge in [0.15, 0.2) is 0 Å². The smallest absolute Gasteiger partial charge is 0.138 e. The van der Waals surface area contributed by atoms with Crippen molar-refractivity contribution in [1.82, 2.24) is 9.78 Å². The lowest BCUT2D eigenvalue weighted by Crippen LogP contribution is -2.32. The third-order valence-electron chi connectivity index (χ3n) is 2.20. The minimum atomic E-state index is -0.264. The van der Waals surface area contributed by atoms with Crippen LogP contribution in [0.3, 0.4) is 0 Å². The highest BCUT2D eigenvalue weighted by atomic mass is 16.1. The molecule has 1 rings (SSSR count). The zero-order chi connectivity index (χ0) is 11.5. The molecule has 0 bridgehead atoms. The maximum absolute atomic E-state index is 11.6. The summed E-state index contributed by atoms with van der Waals surface area (Å²) in [6.07, 6.45) is 3.51. The van der Waals surface area contributed by atoms with Crippen molar-refractivity contribution >= 4 is 5.78 Å². The number of aryl methyl sites for hydroxylation is 1. The monoisotopic (exact) mass is 209 g/mol. The molecule has 0 aromatic carbocycles. The van der Waals surface area contributed by atoms with Crippen molar-refractivity contribution in [2.75, 3.05) is 0 Å². The lowest BCUT2D eigenvalue weighted by atomic mass is 9.97. The van der Waals surface area contributed by atoms with Crippen molar-refractivity contribution < 1.29 is 4.79 Å². The van der Waals surface area contributed by atoms with Crippen molar-refractivity contribution in [3.8, 4) is 0 Å². The number of Topliss-reactive ketones (excluding diaryl/α,β-unsaturated/α-hetero) is 1. The van der Waals surface area contributed by atoms with E-state index in [1.54, 1.807) is 4.68 Å². The first-order chi connectivity index (χ1) is 6.87. The molecule has 4 nitrogen and oxygen atoms in total. The summed E-state index contributed by atoms with van der Waals surface area (Å²) in [6.45, 7) is 3.86. The van der Waals surface area contributed by atoms with Crippen molar-refractivity contribution in [3.05, 3.63) is 18.0 Å². The Hall–Kier alpha value is -1.16. The van der Waals surface area contributed by atoms with E-state index in [1.807, 2.05) is 33.2 Å². The fraction of sp³-hybridized carbons (Fsp3) is 0.636. The number of aromatic nitrogens is 2. The van der Waals surface area contributed by atoms with E-state index in [4.69, 9.17) is 5.73 Å². The van der Waals surface area contributed by atoms with Crippen molar-refractivity contribution in [3.63, 3.8) is 0 Å². The number of nitrogens with zero attached hydrogens (tertiary/aromatic N) is 2. The average Bonchev–Trinajstić information content (AvgIpc) is 2.47. The van der Waals surface area contributed by atoms with Gasteiger partial charge in [-0.2, -0.15) is 5.10 Å². The fourth-order valence-electron chi connectivity index (χ4n) is 1.31. The largest absolute Gasteiger partial charge is 0.326 e. The number of nitrogens with two attached hydrogens (primary N) is 1. The zero-order valence-corrected chi connectivity index (χ0v) is 9.66. The molecule has 0 aliphatic rings. The van der Waals surface area contributed by atoms with E-state index in [9.17, 15) is 4.79 Å². The van der Waals surface area contributed by atoms with Crippen LogP contribution in [0.15, 0.2) is 12.3 Å². The first kappa shape index (κ1) is 11.9. The summed E-state index contributed by atoms with van der Waals surface area (Å²) >= 11 is 0. The van der Waals surface area contributed by atoms with Crippen LogP contribution in [0.25, 0.3) is 0 Å². The van der Waals surface area contributed by atoms with E-state index in [-0.39, 0.29) is 11.3 Å². The van der Waals surface area contributed by atoms with Gasteiger partial charge in [0.2, 0.25) is 0 Å². The third kappa shape index (κ3) is 4.74. The molecule has 2 N–H and O–H groups in total. The maximum Gasteiger partial charge on any atom is 0.138 e. The van der Waals surface area contributed by atoms with Crippen molar-refractivity contribution in [2.24, 2.45) is 12.8 Å². The fourth-order valence-corrected chi connectivity index (χ4v) is 1.31. The van der Waals surface area contributed by atoms with E-state index >= 15 is 0 Å². The summed E-state index contributed by atoms with van der Waals surface area (Å²) in [5.74, 6) is 0.201. The van der Waals surface area contributed by atoms with Crippen LogP contribution in [0.2, 0.25) is 0 Å². The Balaban J connectivity index is 2.37. The molecule has 0 fully saturated rings. The Morgan fingerprint density at radius 3 is 2.73 bits per heavy atom. The predicted molar refractivity (Wildman–Crippen MR) is 59.4 cm³/mol. The molecule has 0 saturated heterocycles. The summed E-state index contributed by atoms with van der Waals surface area (Å²) < 4.78 is 1.70. The summed E-state index contributed by atoms with van der Waals surface area (Å²) in [5, 5.41) is 4.16. The maximum atomic E-state index is 11.6. The molecule has 1 aromatic heterocycles. The first-order valence-electron chi connectivity index (χ1n) is 5.16. The highest BCUT2D eigenvalue weighted by Crippen LogP contribution is 2.09. The van der Waals surface area contributed by atoms with Gasteiger partial charge in [0, 0.05) is 25.2 Å². The molecular weight excluding hydrogens is 190 g/mol. The number of ketones is 1. The quantitative estimate of drug-likeness (QED) is 0.788. The number of hydrogen-bond acceptors (Lipinski definition) is 3. The van der Waals surface area contributed by atoms with E-state index in [2.05, 4.69) is 5.10 Å². The van der Waals surface area contributed by atoms with E-state index in [1.165, 1.54) is 0 Å². The molecule has 0 unspecified atom stereocenters. The molecule has 4 heteroatoms. The van der Waals surface area contributed by atoms with Crippen LogP contribution >= 0.6 is 0 Å². The minimum absolute atomic E-state index is 0.201. The highest BCUT2D eigenvalue weighted by molar-refractivity contribution is 5.80. The van der Waals surface area contributed by atoms with Crippen LogP contribution in [0.4, 0.5) is 0 Å². The van der Waals surface area contributed by atoms with Gasteiger partial charge in [-0.05, 0) is 26.3 Å². The van der Waals surface area contributed by atoms with Gasteiger partial charge < -0.3 is 5.73 Å². The van der Waals surface area contributed by atoms with E-state index < -0.39 is 0 Å². The van der Waals surface area contributed by atoms with Crippen LogP contribution in [0.5, 0.6) is 0 Å². The van der Waals surface area contributed by atoms with Gasteiger partial charge in [0.1, 0.15) is 5.78 Å². The molecule has 1 aromatic rings. The second-order valence-corrected chi connectivity index (χ2v) is 4.68. The second-order valence-electron chi connectivity index (χ2n) is 4.68. The Kier molecular flexibility index (Phi) is 3.63. The molecule has 0 saturated carbocycles. The lowest BCUT2D eigenvalue weighted by molar-refractivity contribution is -0.118. The van der Waals surface area contributed by atoms with Crippen LogP contribution in [0, 0.1) is 0 Å². The topological polar surface area (TPSA) is 60.9 Å². The summed E-state index contributed by atoms with van der Waals surface area (Å²) in [5.41, 5.74) is 6.38. The Morgan fingerprint density at radius 1 is 1.60 bits per heavy atom. The van der Waals surface area contributed by atoms with Crippen molar-refractivity contribution in [2.45, 2.75) is 38.6 Å². The highest BCUT2D eigenvalue weighted by Gasteiger charge is 2.14. The zero-order valence-electron chi connectivity index (χ0n) is 9.66. The number of hydrogen-bond donors (Lipinski definition) is 1. The molecule has 0 spiro atoms. The second kappa shape index (κ2) is 4.57. The SMILES string of the molecule is Cn1ccc(CC(=O)CCC(C)(C)N)n1. The van der Waals surface area contributed by atoms with E-state index in [0.717, 1.165) is 12.1 Å². The summed E-state index contributed by atoms with van der Waals surface area (Å²) in [6, 6.07) is 1.87. The van der Waals surface area contributed by atoms with E-state index in [0.29, 0.717) is 12.8 Å². The Labute approximate surface area is 90.5 Å². The standard InChI is InChI=1S/C11H19N3O/c1-11(2,12)6-4-10(15)8-9-5-7-14(3)13-9/h5,7H,4,6,8,12H2,1-3H3. The minimum Gasteiger partial charge on any atom is -0.326 e. The van der Waals surface area contributed by atoms with Crippen LogP contribution in [-0.2, 0) is 18.3 Å². The van der Waals surface area contributed by atoms with Crippen molar-refractivity contribution in [1.29, 1.82) is 0 Å². The van der Waals surface area contributed by atoms with Crippen LogP contribution in [0.1, 0.15) is 32.4 Å². The lowest BCUT2D eigenvalue weighted by Gasteiger charge is -2.17. The number of carbonyl (C=O) groups is 1. The predicted octanol–water partition coefficient (Wildman–Crippen LogP) is 1.05. The van der Waals surface area contributed by atoms with Gasteiger partial charge in [-0.15, -0.1) is 0 Å². The molecule has 0 aliphatic carbocycles. The first-order valence-corrected chi connectivity index (χ1v) is 5.16. The average molecular weight is 209 g/mol. The van der Waals surface area contributed by atoms with Gasteiger partial charge in [-0.1, -0.05) is 0 Å². The molecule has 0 atom stereocenters. The normalized spacial score (nSPS) is 11.7. The molecule has 0 radical (unpaired) electrons. The third-order valence-corrected chi connectivity index (χ3v) is 2.20. The van der Waals surface area contributed by atoms with Crippen LogP contribution in [-0.4, -0.2) is 21.1 Å². The van der Waals surface area contributed by atoms with Gasteiger partial charge in [0.25, 0.3) is 0 Å². The molecule has 0 aliphatic heterocycles. The molecule has 1 heterocycles. The van der Waals surface area contributed by atoms with Gasteiger partial charge >= 0.3 is 0 Å². The molecule has 15 heavy (non-hydrogen) atoms. The van der Waals surface area contributed by atoms with Crippen LogP contribution < -0.4 is 5.73 Å². The Morgan fingerprint density at radius 2 is 2.27 bits per heavy atom. The molecular formula is C11H19N3O. The summed E-state index contributed by atoms with van der Waals surface area (Å²) in [4.78, 5) is 11.6. The number of carbonyl (C=O) groups excluding carboxylic acids is 1. The van der Waals surface area contributed by atoms with Gasteiger partial charge in [-0.25, -0.2) is 0 Å². The summed E-state index contributed by atoms with van der Waals surface area (Å²) in [7, 11) is 1.84.